The van der Waals surface area contributed by atoms with Gasteiger partial charge in [-0.2, -0.15) is 0 Å². The summed E-state index contributed by atoms with van der Waals surface area (Å²) < 4.78 is 0. The fourth-order valence-electron chi connectivity index (χ4n) is 2.74. The first-order chi connectivity index (χ1) is 9.78. The molecule has 20 heavy (non-hydrogen) atoms. The van der Waals surface area contributed by atoms with E-state index in [9.17, 15) is 4.79 Å². The van der Waals surface area contributed by atoms with Gasteiger partial charge < -0.3 is 10.6 Å². The van der Waals surface area contributed by atoms with Gasteiger partial charge in [-0.15, -0.1) is 0 Å². The quantitative estimate of drug-likeness (QED) is 0.833. The van der Waals surface area contributed by atoms with Crippen LogP contribution >= 0.6 is 0 Å². The Kier molecular flexibility index (Phi) is 6.06. The minimum Gasteiger partial charge on any atom is -0.326 e. The molecule has 1 fully saturated rings. The van der Waals surface area contributed by atoms with Crippen molar-refractivity contribution < 1.29 is 4.79 Å². The highest BCUT2D eigenvalue weighted by Gasteiger charge is 2.12. The molecule has 1 amide bonds. The number of hydrogen-bond donors (Lipinski definition) is 2. The van der Waals surface area contributed by atoms with Crippen molar-refractivity contribution in [2.75, 3.05) is 11.9 Å². The van der Waals surface area contributed by atoms with E-state index in [1.165, 1.54) is 37.7 Å². The molecule has 1 aromatic carbocycles. The highest BCUT2D eigenvalue weighted by atomic mass is 16.1. The van der Waals surface area contributed by atoms with Crippen molar-refractivity contribution in [2.24, 2.45) is 0 Å². The molecule has 2 N–H and O–H groups in total. The lowest BCUT2D eigenvalue weighted by atomic mass is 9.95. The molecule has 0 saturated heterocycles. The Morgan fingerprint density at radius 1 is 1.15 bits per heavy atom. The van der Waals surface area contributed by atoms with Gasteiger partial charge in [0, 0.05) is 24.7 Å². The van der Waals surface area contributed by atoms with Crippen LogP contribution in [0.3, 0.4) is 0 Å². The third-order valence-electron chi connectivity index (χ3n) is 4.04. The van der Waals surface area contributed by atoms with Crippen LogP contribution in [0.2, 0.25) is 0 Å². The number of carbonyl (C=O) groups is 1. The van der Waals surface area contributed by atoms with Gasteiger partial charge in [-0.05, 0) is 37.0 Å². The third-order valence-corrected chi connectivity index (χ3v) is 4.04. The van der Waals surface area contributed by atoms with Gasteiger partial charge in [0.1, 0.15) is 0 Å². The molecule has 0 heterocycles. The Hall–Kier alpha value is -1.35. The van der Waals surface area contributed by atoms with Crippen LogP contribution in [0.15, 0.2) is 24.3 Å². The van der Waals surface area contributed by atoms with E-state index in [0.29, 0.717) is 12.5 Å². The zero-order valence-corrected chi connectivity index (χ0v) is 12.5. The number of amides is 1. The average molecular weight is 274 g/mol. The second-order valence-corrected chi connectivity index (χ2v) is 5.64. The monoisotopic (exact) mass is 274 g/mol. The minimum absolute atomic E-state index is 0.0950. The number of aryl methyl sites for hydroxylation is 1. The van der Waals surface area contributed by atoms with Gasteiger partial charge in [0.2, 0.25) is 5.91 Å². The molecule has 0 spiro atoms. The van der Waals surface area contributed by atoms with Gasteiger partial charge in [-0.1, -0.05) is 38.3 Å². The first-order valence-corrected chi connectivity index (χ1v) is 7.90. The largest absolute Gasteiger partial charge is 0.326 e. The Balaban J connectivity index is 1.66. The Morgan fingerprint density at radius 3 is 2.50 bits per heavy atom. The van der Waals surface area contributed by atoms with Crippen LogP contribution in [-0.4, -0.2) is 18.5 Å². The van der Waals surface area contributed by atoms with E-state index in [0.717, 1.165) is 18.7 Å². The smallest absolute Gasteiger partial charge is 0.225 e. The van der Waals surface area contributed by atoms with E-state index >= 15 is 0 Å². The van der Waals surface area contributed by atoms with E-state index < -0.39 is 0 Å². The normalized spacial score (nSPS) is 16.1. The van der Waals surface area contributed by atoms with Crippen molar-refractivity contribution in [3.63, 3.8) is 0 Å². The maximum atomic E-state index is 11.9. The maximum absolute atomic E-state index is 11.9. The number of anilines is 1. The fourth-order valence-corrected chi connectivity index (χ4v) is 2.74. The highest BCUT2D eigenvalue weighted by molar-refractivity contribution is 5.90. The van der Waals surface area contributed by atoms with Crippen LogP contribution in [0.25, 0.3) is 0 Å². The Labute approximate surface area is 122 Å². The van der Waals surface area contributed by atoms with Gasteiger partial charge >= 0.3 is 0 Å². The van der Waals surface area contributed by atoms with Crippen LogP contribution in [-0.2, 0) is 11.2 Å². The summed E-state index contributed by atoms with van der Waals surface area (Å²) in [6.07, 6.45) is 8.12. The second-order valence-electron chi connectivity index (χ2n) is 5.64. The summed E-state index contributed by atoms with van der Waals surface area (Å²) in [4.78, 5) is 11.9. The molecule has 1 saturated carbocycles. The SMILES string of the molecule is CCc1ccc(NC(=O)CCNC2CCCCC2)cc1. The lowest BCUT2D eigenvalue weighted by Gasteiger charge is -2.22. The predicted octanol–water partition coefficient (Wildman–Crippen LogP) is 3.50. The van der Waals surface area contributed by atoms with Crippen LogP contribution in [0.4, 0.5) is 5.69 Å². The number of benzene rings is 1. The first kappa shape index (κ1) is 15.0. The molecule has 110 valence electrons. The highest BCUT2D eigenvalue weighted by Crippen LogP contribution is 2.17. The van der Waals surface area contributed by atoms with Crippen LogP contribution < -0.4 is 10.6 Å². The van der Waals surface area contributed by atoms with Crippen LogP contribution in [0.1, 0.15) is 51.0 Å². The molecular weight excluding hydrogens is 248 g/mol. The molecule has 0 bridgehead atoms. The van der Waals surface area contributed by atoms with E-state index in [-0.39, 0.29) is 5.91 Å². The van der Waals surface area contributed by atoms with Gasteiger partial charge in [-0.3, -0.25) is 4.79 Å². The Bertz CT molecular complexity index is 408. The van der Waals surface area contributed by atoms with Crippen LogP contribution in [0, 0.1) is 0 Å². The van der Waals surface area contributed by atoms with Crippen molar-refractivity contribution in [3.05, 3.63) is 29.8 Å². The van der Waals surface area contributed by atoms with Crippen molar-refractivity contribution >= 4 is 11.6 Å². The molecule has 0 aliphatic heterocycles. The van der Waals surface area contributed by atoms with Gasteiger partial charge in [0.15, 0.2) is 0 Å². The molecule has 2 rings (SSSR count). The summed E-state index contributed by atoms with van der Waals surface area (Å²) in [5.74, 6) is 0.0950. The van der Waals surface area contributed by atoms with E-state index in [4.69, 9.17) is 0 Å². The number of carbonyl (C=O) groups excluding carboxylic acids is 1. The zero-order valence-electron chi connectivity index (χ0n) is 12.5. The van der Waals surface area contributed by atoms with E-state index in [2.05, 4.69) is 29.7 Å². The molecule has 0 unspecified atom stereocenters. The molecule has 3 heteroatoms. The Morgan fingerprint density at radius 2 is 1.85 bits per heavy atom. The standard InChI is InChI=1S/C17H26N2O/c1-2-14-8-10-16(11-9-14)19-17(20)12-13-18-15-6-4-3-5-7-15/h8-11,15,18H,2-7,12-13H2,1H3,(H,19,20). The fraction of sp³-hybridized carbons (Fsp3) is 0.588. The summed E-state index contributed by atoms with van der Waals surface area (Å²) in [6, 6.07) is 8.71. The lowest BCUT2D eigenvalue weighted by molar-refractivity contribution is -0.116. The average Bonchev–Trinajstić information content (AvgIpc) is 2.49. The predicted molar refractivity (Wildman–Crippen MR) is 83.9 cm³/mol. The number of rotatable bonds is 6. The van der Waals surface area contributed by atoms with Crippen molar-refractivity contribution in [3.8, 4) is 0 Å². The van der Waals surface area contributed by atoms with E-state index in [1.807, 2.05) is 12.1 Å². The molecular formula is C17H26N2O. The lowest BCUT2D eigenvalue weighted by Crippen LogP contribution is -2.33. The summed E-state index contributed by atoms with van der Waals surface area (Å²) >= 11 is 0. The summed E-state index contributed by atoms with van der Waals surface area (Å²) in [5, 5.41) is 6.45. The molecule has 0 aromatic heterocycles. The number of nitrogens with one attached hydrogen (secondary N) is 2. The molecule has 1 aliphatic rings. The molecule has 1 aromatic rings. The minimum atomic E-state index is 0.0950. The third kappa shape index (κ3) is 4.97. The van der Waals surface area contributed by atoms with Crippen molar-refractivity contribution in [2.45, 2.75) is 57.9 Å². The zero-order chi connectivity index (χ0) is 14.2. The first-order valence-electron chi connectivity index (χ1n) is 7.90. The maximum Gasteiger partial charge on any atom is 0.225 e. The summed E-state index contributed by atoms with van der Waals surface area (Å²) in [5.41, 5.74) is 2.19. The molecule has 0 atom stereocenters. The molecule has 3 nitrogen and oxygen atoms in total. The second kappa shape index (κ2) is 8.05. The summed E-state index contributed by atoms with van der Waals surface area (Å²) in [6.45, 7) is 2.91. The molecule has 0 radical (unpaired) electrons. The van der Waals surface area contributed by atoms with Gasteiger partial charge in [0.05, 0.1) is 0 Å². The van der Waals surface area contributed by atoms with Crippen molar-refractivity contribution in [1.29, 1.82) is 0 Å². The number of hydrogen-bond acceptors (Lipinski definition) is 2. The van der Waals surface area contributed by atoms with E-state index in [1.54, 1.807) is 0 Å². The molecule has 1 aliphatic carbocycles. The summed E-state index contributed by atoms with van der Waals surface area (Å²) in [7, 11) is 0. The topological polar surface area (TPSA) is 41.1 Å². The van der Waals surface area contributed by atoms with Gasteiger partial charge in [0.25, 0.3) is 0 Å². The van der Waals surface area contributed by atoms with Crippen molar-refractivity contribution in [1.82, 2.24) is 5.32 Å². The van der Waals surface area contributed by atoms with Crippen LogP contribution in [0.5, 0.6) is 0 Å². The van der Waals surface area contributed by atoms with Gasteiger partial charge in [-0.25, -0.2) is 0 Å².